The Bertz CT molecular complexity index is 871. The van der Waals surface area contributed by atoms with Crippen LogP contribution >= 0.6 is 11.3 Å². The van der Waals surface area contributed by atoms with E-state index in [9.17, 15) is 13.2 Å². The molecule has 0 spiro atoms. The molecule has 27 heavy (non-hydrogen) atoms. The molecule has 2 amide bonds. The topological polar surface area (TPSA) is 78.5 Å². The van der Waals surface area contributed by atoms with Gasteiger partial charge in [0.15, 0.2) is 0 Å². The first-order valence-corrected chi connectivity index (χ1v) is 12.0. The molecule has 0 radical (unpaired) electrons. The number of benzene rings is 1. The first-order chi connectivity index (χ1) is 13.0. The second-order valence-corrected chi connectivity index (χ2v) is 9.90. The molecule has 1 fully saturated rings. The molecule has 2 heterocycles. The average molecular weight is 410 g/mol. The van der Waals surface area contributed by atoms with Crippen molar-refractivity contribution in [1.82, 2.24) is 14.9 Å². The van der Waals surface area contributed by atoms with Crippen LogP contribution in [0.15, 0.2) is 29.6 Å². The monoisotopic (exact) mass is 409 g/mol. The van der Waals surface area contributed by atoms with Gasteiger partial charge < -0.3 is 10.6 Å². The molecule has 148 valence electrons. The fourth-order valence-electron chi connectivity index (χ4n) is 3.44. The molecule has 1 aliphatic heterocycles. The first kappa shape index (κ1) is 20.1. The van der Waals surface area contributed by atoms with Crippen molar-refractivity contribution in [3.8, 4) is 0 Å². The van der Waals surface area contributed by atoms with Gasteiger partial charge in [0.05, 0.1) is 5.75 Å². The van der Waals surface area contributed by atoms with Crippen molar-refractivity contribution in [2.45, 2.75) is 38.6 Å². The molecule has 0 aliphatic carbocycles. The number of urea groups is 1. The van der Waals surface area contributed by atoms with Crippen molar-refractivity contribution in [3.05, 3.63) is 35.2 Å². The molecule has 0 bridgehead atoms. The van der Waals surface area contributed by atoms with Crippen LogP contribution in [0.4, 0.5) is 4.79 Å². The Hall–Kier alpha value is -1.64. The van der Waals surface area contributed by atoms with Gasteiger partial charge in [-0.15, -0.1) is 11.3 Å². The normalized spacial score (nSPS) is 16.5. The van der Waals surface area contributed by atoms with Crippen LogP contribution in [0.5, 0.6) is 0 Å². The van der Waals surface area contributed by atoms with Crippen molar-refractivity contribution in [1.29, 1.82) is 0 Å². The fraction of sp³-hybridized carbons (Fsp3) is 0.526. The van der Waals surface area contributed by atoms with Crippen LogP contribution in [0.2, 0.25) is 0 Å². The lowest BCUT2D eigenvalue weighted by Crippen LogP contribution is -2.49. The number of hydrogen-bond donors (Lipinski definition) is 2. The number of fused-ring (bicyclic) bond motifs is 1. The van der Waals surface area contributed by atoms with Gasteiger partial charge in [0.2, 0.25) is 10.0 Å². The Morgan fingerprint density at radius 2 is 2.00 bits per heavy atom. The quantitative estimate of drug-likeness (QED) is 0.738. The third-order valence-corrected chi connectivity index (χ3v) is 7.97. The van der Waals surface area contributed by atoms with Gasteiger partial charge in [0.25, 0.3) is 0 Å². The van der Waals surface area contributed by atoms with Gasteiger partial charge in [0, 0.05) is 30.4 Å². The highest BCUT2D eigenvalue weighted by atomic mass is 32.2. The van der Waals surface area contributed by atoms with E-state index in [0.717, 1.165) is 6.42 Å². The number of hydrogen-bond acceptors (Lipinski definition) is 4. The molecule has 1 saturated heterocycles. The average Bonchev–Trinajstić information content (AvgIpc) is 3.05. The highest BCUT2D eigenvalue weighted by molar-refractivity contribution is 7.89. The Kier molecular flexibility index (Phi) is 6.73. The molecule has 6 nitrogen and oxygen atoms in total. The standard InChI is InChI=1S/C19H27N3O3S2/c1-2-13-27(24,25)22-11-8-16(9-12-22)21-19(23)20-10-7-15-14-26-18-6-4-3-5-17(15)18/h3-6,14,16H,2,7-13H2,1H3,(H2,20,21,23). The predicted octanol–water partition coefficient (Wildman–Crippen LogP) is 2.95. The number of sulfonamides is 1. The van der Waals surface area contributed by atoms with Crippen LogP contribution < -0.4 is 10.6 Å². The lowest BCUT2D eigenvalue weighted by Gasteiger charge is -2.31. The minimum Gasteiger partial charge on any atom is -0.338 e. The zero-order valence-electron chi connectivity index (χ0n) is 15.6. The van der Waals surface area contributed by atoms with Crippen molar-refractivity contribution in [3.63, 3.8) is 0 Å². The first-order valence-electron chi connectivity index (χ1n) is 9.47. The van der Waals surface area contributed by atoms with Gasteiger partial charge in [-0.25, -0.2) is 17.5 Å². The maximum absolute atomic E-state index is 12.1. The number of thiophene rings is 1. The number of rotatable bonds is 7. The number of piperidine rings is 1. The predicted molar refractivity (Wildman–Crippen MR) is 111 cm³/mol. The summed E-state index contributed by atoms with van der Waals surface area (Å²) in [4.78, 5) is 12.1. The summed E-state index contributed by atoms with van der Waals surface area (Å²) in [6, 6.07) is 8.14. The highest BCUT2D eigenvalue weighted by Crippen LogP contribution is 2.25. The smallest absolute Gasteiger partial charge is 0.315 e. The van der Waals surface area contributed by atoms with Gasteiger partial charge in [-0.05, 0) is 48.1 Å². The largest absolute Gasteiger partial charge is 0.338 e. The molecule has 0 saturated carbocycles. The van der Waals surface area contributed by atoms with E-state index in [0.29, 0.717) is 38.9 Å². The van der Waals surface area contributed by atoms with E-state index in [1.165, 1.54) is 15.6 Å². The van der Waals surface area contributed by atoms with Gasteiger partial charge in [-0.2, -0.15) is 0 Å². The highest BCUT2D eigenvalue weighted by Gasteiger charge is 2.27. The third kappa shape index (κ3) is 5.21. The summed E-state index contributed by atoms with van der Waals surface area (Å²) in [6.07, 6.45) is 2.74. The van der Waals surface area contributed by atoms with Crippen LogP contribution in [0.25, 0.3) is 10.1 Å². The fourth-order valence-corrected chi connectivity index (χ4v) is 5.98. The molecule has 8 heteroatoms. The van der Waals surface area contributed by atoms with Gasteiger partial charge >= 0.3 is 6.03 Å². The minimum absolute atomic E-state index is 0.0278. The van der Waals surface area contributed by atoms with E-state index in [1.807, 2.05) is 19.1 Å². The number of carbonyl (C=O) groups is 1. The Labute approximate surface area is 165 Å². The van der Waals surface area contributed by atoms with E-state index in [2.05, 4.69) is 28.1 Å². The molecule has 1 aromatic carbocycles. The van der Waals surface area contributed by atoms with Crippen molar-refractivity contribution in [2.24, 2.45) is 0 Å². The number of nitrogens with one attached hydrogen (secondary N) is 2. The summed E-state index contributed by atoms with van der Waals surface area (Å²) in [5.41, 5.74) is 1.25. The maximum Gasteiger partial charge on any atom is 0.315 e. The minimum atomic E-state index is -3.14. The zero-order chi connectivity index (χ0) is 19.3. The summed E-state index contributed by atoms with van der Waals surface area (Å²) in [7, 11) is -3.14. The summed E-state index contributed by atoms with van der Waals surface area (Å²) >= 11 is 1.72. The van der Waals surface area contributed by atoms with Crippen LogP contribution in [0, 0.1) is 0 Å². The Morgan fingerprint density at radius 3 is 2.74 bits per heavy atom. The third-order valence-electron chi connectivity index (χ3n) is 4.89. The number of nitrogens with zero attached hydrogens (tertiary/aromatic N) is 1. The Balaban J connectivity index is 1.40. The SMILES string of the molecule is CCCS(=O)(=O)N1CCC(NC(=O)NCCc2csc3ccccc23)CC1. The van der Waals surface area contributed by atoms with Crippen molar-refractivity contribution in [2.75, 3.05) is 25.4 Å². The van der Waals surface area contributed by atoms with E-state index >= 15 is 0 Å². The van der Waals surface area contributed by atoms with Crippen LogP contribution in [-0.4, -0.2) is 50.2 Å². The van der Waals surface area contributed by atoms with Gasteiger partial charge in [-0.3, -0.25) is 0 Å². The molecule has 1 aliphatic rings. The van der Waals surface area contributed by atoms with Gasteiger partial charge in [-0.1, -0.05) is 25.1 Å². The number of amides is 2. The van der Waals surface area contributed by atoms with Crippen LogP contribution in [0.1, 0.15) is 31.7 Å². The molecule has 0 unspecified atom stereocenters. The van der Waals surface area contributed by atoms with E-state index in [4.69, 9.17) is 0 Å². The summed E-state index contributed by atoms with van der Waals surface area (Å²) in [5, 5.41) is 9.29. The van der Waals surface area contributed by atoms with Crippen molar-refractivity contribution < 1.29 is 13.2 Å². The molecule has 0 atom stereocenters. The maximum atomic E-state index is 12.1. The summed E-state index contributed by atoms with van der Waals surface area (Å²) in [5.74, 6) is 0.197. The second kappa shape index (κ2) is 9.03. The van der Waals surface area contributed by atoms with E-state index in [-0.39, 0.29) is 17.8 Å². The van der Waals surface area contributed by atoms with Crippen molar-refractivity contribution >= 4 is 37.5 Å². The summed E-state index contributed by atoms with van der Waals surface area (Å²) < 4.78 is 27.0. The zero-order valence-corrected chi connectivity index (χ0v) is 17.2. The van der Waals surface area contributed by atoms with E-state index < -0.39 is 10.0 Å². The lowest BCUT2D eigenvalue weighted by molar-refractivity contribution is 0.228. The van der Waals surface area contributed by atoms with Gasteiger partial charge in [0.1, 0.15) is 0 Å². The molecule has 2 N–H and O–H groups in total. The molecule has 1 aromatic heterocycles. The Morgan fingerprint density at radius 1 is 1.26 bits per heavy atom. The molecule has 3 rings (SSSR count). The van der Waals surface area contributed by atoms with Crippen LogP contribution in [0.3, 0.4) is 0 Å². The molecular formula is C19H27N3O3S2. The van der Waals surface area contributed by atoms with Crippen LogP contribution in [-0.2, 0) is 16.4 Å². The molecule has 2 aromatic rings. The summed E-state index contributed by atoms with van der Waals surface area (Å²) in [6.45, 7) is 3.41. The second-order valence-electron chi connectivity index (χ2n) is 6.90. The lowest BCUT2D eigenvalue weighted by atomic mass is 10.1. The molecular weight excluding hydrogens is 382 g/mol. The van der Waals surface area contributed by atoms with E-state index in [1.54, 1.807) is 15.6 Å². The number of carbonyl (C=O) groups excluding carboxylic acids is 1.